The van der Waals surface area contributed by atoms with E-state index in [-0.39, 0.29) is 18.4 Å². The number of carbonyl (C=O) groups excluding carboxylic acids is 2. The minimum atomic E-state index is -0.761. The van der Waals surface area contributed by atoms with Crippen molar-refractivity contribution in [3.05, 3.63) is 24.3 Å². The standard InChI is InChI=1S/C13H14N2O3/c14-12(16)11-7-15(13(17)8-5-6-8)9-3-1-2-4-10(9)18-11/h1-4,8,11H,5-7H2,(H2,14,16)/t11-/m1/s1. The number of nitrogens with two attached hydrogens (primary N) is 1. The zero-order chi connectivity index (χ0) is 12.7. The van der Waals surface area contributed by atoms with Gasteiger partial charge in [0.15, 0.2) is 6.10 Å². The SMILES string of the molecule is NC(=O)[C@H]1CN(C(=O)C2CC2)c2ccccc2O1. The van der Waals surface area contributed by atoms with E-state index in [9.17, 15) is 9.59 Å². The molecule has 0 unspecified atom stereocenters. The van der Waals surface area contributed by atoms with Crippen LogP contribution in [0, 0.1) is 5.92 Å². The summed E-state index contributed by atoms with van der Waals surface area (Å²) in [4.78, 5) is 25.1. The van der Waals surface area contributed by atoms with Crippen molar-refractivity contribution in [2.24, 2.45) is 11.7 Å². The number of primary amides is 1. The van der Waals surface area contributed by atoms with Gasteiger partial charge in [0.05, 0.1) is 12.2 Å². The van der Waals surface area contributed by atoms with E-state index in [1.54, 1.807) is 11.0 Å². The molecule has 18 heavy (non-hydrogen) atoms. The zero-order valence-electron chi connectivity index (χ0n) is 9.83. The Labute approximate surface area is 105 Å². The van der Waals surface area contributed by atoms with Crippen LogP contribution < -0.4 is 15.4 Å². The molecule has 0 saturated heterocycles. The van der Waals surface area contributed by atoms with Crippen LogP contribution in [-0.4, -0.2) is 24.5 Å². The summed E-state index contributed by atoms with van der Waals surface area (Å²) in [5.41, 5.74) is 6.01. The second-order valence-electron chi connectivity index (χ2n) is 4.70. The van der Waals surface area contributed by atoms with Gasteiger partial charge in [-0.2, -0.15) is 0 Å². The summed E-state index contributed by atoms with van der Waals surface area (Å²) in [5, 5.41) is 0. The fourth-order valence-corrected chi connectivity index (χ4v) is 2.14. The van der Waals surface area contributed by atoms with Gasteiger partial charge in [0.25, 0.3) is 5.91 Å². The molecule has 1 saturated carbocycles. The lowest BCUT2D eigenvalue weighted by Crippen LogP contribution is -2.49. The van der Waals surface area contributed by atoms with Crippen LogP contribution in [0.15, 0.2) is 24.3 Å². The largest absolute Gasteiger partial charge is 0.477 e. The molecule has 0 radical (unpaired) electrons. The second-order valence-corrected chi connectivity index (χ2v) is 4.70. The second kappa shape index (κ2) is 4.01. The number of anilines is 1. The molecule has 3 rings (SSSR count). The van der Waals surface area contributed by atoms with Gasteiger partial charge in [0.1, 0.15) is 5.75 Å². The fourth-order valence-electron chi connectivity index (χ4n) is 2.14. The summed E-state index contributed by atoms with van der Waals surface area (Å²) in [7, 11) is 0. The van der Waals surface area contributed by atoms with Crippen LogP contribution in [0.5, 0.6) is 5.75 Å². The van der Waals surface area contributed by atoms with Crippen molar-refractivity contribution >= 4 is 17.5 Å². The highest BCUT2D eigenvalue weighted by Gasteiger charge is 2.39. The predicted molar refractivity (Wildman–Crippen MR) is 65.1 cm³/mol. The summed E-state index contributed by atoms with van der Waals surface area (Å²) in [6, 6.07) is 7.23. The smallest absolute Gasteiger partial charge is 0.260 e. The van der Waals surface area contributed by atoms with E-state index in [1.807, 2.05) is 18.2 Å². The van der Waals surface area contributed by atoms with Crippen molar-refractivity contribution in [2.75, 3.05) is 11.4 Å². The number of hydrogen-bond donors (Lipinski definition) is 1. The predicted octanol–water partition coefficient (Wildman–Crippen LogP) is 0.676. The van der Waals surface area contributed by atoms with Gasteiger partial charge in [-0.15, -0.1) is 0 Å². The first-order valence-corrected chi connectivity index (χ1v) is 6.03. The van der Waals surface area contributed by atoms with Gasteiger partial charge in [-0.1, -0.05) is 12.1 Å². The summed E-state index contributed by atoms with van der Waals surface area (Å²) >= 11 is 0. The molecule has 0 aromatic heterocycles. The maximum absolute atomic E-state index is 12.2. The maximum Gasteiger partial charge on any atom is 0.260 e. The normalized spacial score (nSPS) is 22.0. The van der Waals surface area contributed by atoms with Gasteiger partial charge in [0.2, 0.25) is 5.91 Å². The number of hydrogen-bond acceptors (Lipinski definition) is 3. The third-order valence-electron chi connectivity index (χ3n) is 3.28. The number of ether oxygens (including phenoxy) is 1. The number of rotatable bonds is 2. The Morgan fingerprint density at radius 1 is 1.28 bits per heavy atom. The molecule has 94 valence electrons. The first kappa shape index (κ1) is 11.1. The highest BCUT2D eigenvalue weighted by molar-refractivity contribution is 5.99. The van der Waals surface area contributed by atoms with Gasteiger partial charge in [-0.05, 0) is 25.0 Å². The molecular weight excluding hydrogens is 232 g/mol. The first-order valence-electron chi connectivity index (χ1n) is 6.03. The molecule has 1 aliphatic carbocycles. The van der Waals surface area contributed by atoms with E-state index in [2.05, 4.69) is 0 Å². The van der Waals surface area contributed by atoms with Crippen molar-refractivity contribution in [1.82, 2.24) is 0 Å². The molecule has 2 amide bonds. The lowest BCUT2D eigenvalue weighted by atomic mass is 10.1. The zero-order valence-corrected chi connectivity index (χ0v) is 9.83. The number of para-hydroxylation sites is 2. The van der Waals surface area contributed by atoms with Gasteiger partial charge in [-0.3, -0.25) is 9.59 Å². The first-order chi connectivity index (χ1) is 8.66. The van der Waals surface area contributed by atoms with E-state index in [1.165, 1.54) is 0 Å². The van der Waals surface area contributed by atoms with E-state index in [0.29, 0.717) is 5.75 Å². The third kappa shape index (κ3) is 1.81. The van der Waals surface area contributed by atoms with Gasteiger partial charge in [0, 0.05) is 5.92 Å². The Hall–Kier alpha value is -2.04. The highest BCUT2D eigenvalue weighted by atomic mass is 16.5. The van der Waals surface area contributed by atoms with Gasteiger partial charge >= 0.3 is 0 Å². The molecule has 1 fully saturated rings. The minimum Gasteiger partial charge on any atom is -0.477 e. The topological polar surface area (TPSA) is 72.6 Å². The van der Waals surface area contributed by atoms with Crippen molar-refractivity contribution in [3.8, 4) is 5.75 Å². The number of nitrogens with zero attached hydrogens (tertiary/aromatic N) is 1. The van der Waals surface area contributed by atoms with E-state index in [4.69, 9.17) is 10.5 Å². The lowest BCUT2D eigenvalue weighted by Gasteiger charge is -2.33. The Kier molecular flexibility index (Phi) is 2.47. The van der Waals surface area contributed by atoms with E-state index >= 15 is 0 Å². The Morgan fingerprint density at radius 2 is 2.00 bits per heavy atom. The fraction of sp³-hybridized carbons (Fsp3) is 0.385. The molecule has 2 N–H and O–H groups in total. The van der Waals surface area contributed by atoms with Crippen LogP contribution in [0.4, 0.5) is 5.69 Å². The summed E-state index contributed by atoms with van der Waals surface area (Å²) in [6.45, 7) is 0.210. The Bertz CT molecular complexity index is 511. The van der Waals surface area contributed by atoms with Gasteiger partial charge in [-0.25, -0.2) is 0 Å². The molecule has 1 aromatic carbocycles. The third-order valence-corrected chi connectivity index (χ3v) is 3.28. The number of amides is 2. The van der Waals surface area contributed by atoms with Crippen LogP contribution >= 0.6 is 0 Å². The minimum absolute atomic E-state index is 0.0667. The molecule has 1 heterocycles. The quantitative estimate of drug-likeness (QED) is 0.833. The molecular formula is C13H14N2O3. The van der Waals surface area contributed by atoms with Crippen LogP contribution in [0.2, 0.25) is 0 Å². The van der Waals surface area contributed by atoms with Crippen LogP contribution in [0.3, 0.4) is 0 Å². The van der Waals surface area contributed by atoms with E-state index in [0.717, 1.165) is 18.5 Å². The number of carbonyl (C=O) groups is 2. The molecule has 0 bridgehead atoms. The van der Waals surface area contributed by atoms with Crippen LogP contribution in [-0.2, 0) is 9.59 Å². The molecule has 5 heteroatoms. The maximum atomic E-state index is 12.2. The van der Waals surface area contributed by atoms with Crippen molar-refractivity contribution in [2.45, 2.75) is 18.9 Å². The molecule has 0 spiro atoms. The average Bonchev–Trinajstić information content (AvgIpc) is 3.20. The summed E-state index contributed by atoms with van der Waals surface area (Å²) in [6.07, 6.45) is 1.10. The van der Waals surface area contributed by atoms with Crippen LogP contribution in [0.25, 0.3) is 0 Å². The molecule has 5 nitrogen and oxygen atoms in total. The van der Waals surface area contributed by atoms with Crippen molar-refractivity contribution < 1.29 is 14.3 Å². The van der Waals surface area contributed by atoms with E-state index < -0.39 is 12.0 Å². The Morgan fingerprint density at radius 3 is 2.67 bits per heavy atom. The average molecular weight is 246 g/mol. The number of fused-ring (bicyclic) bond motifs is 1. The van der Waals surface area contributed by atoms with Crippen molar-refractivity contribution in [3.63, 3.8) is 0 Å². The lowest BCUT2D eigenvalue weighted by molar-refractivity contribution is -0.125. The molecule has 1 atom stereocenters. The summed E-state index contributed by atoms with van der Waals surface area (Å²) in [5.74, 6) is 0.168. The highest BCUT2D eigenvalue weighted by Crippen LogP contribution is 2.38. The number of benzene rings is 1. The van der Waals surface area contributed by atoms with Crippen molar-refractivity contribution in [1.29, 1.82) is 0 Å². The Balaban J connectivity index is 1.96. The molecule has 1 aromatic rings. The monoisotopic (exact) mass is 246 g/mol. The van der Waals surface area contributed by atoms with Gasteiger partial charge < -0.3 is 15.4 Å². The molecule has 1 aliphatic heterocycles. The molecule has 2 aliphatic rings. The summed E-state index contributed by atoms with van der Waals surface area (Å²) < 4.78 is 5.51. The van der Waals surface area contributed by atoms with Crippen LogP contribution in [0.1, 0.15) is 12.8 Å².